The van der Waals surface area contributed by atoms with E-state index in [0.29, 0.717) is 45.6 Å². The maximum absolute atomic E-state index is 12.9. The molecule has 4 aromatic rings. The lowest BCUT2D eigenvalue weighted by molar-refractivity contribution is -0.137. The van der Waals surface area contributed by atoms with Crippen molar-refractivity contribution in [2.75, 3.05) is 51.4 Å². The van der Waals surface area contributed by atoms with Crippen LogP contribution in [0.1, 0.15) is 47.6 Å². The zero-order valence-electron chi connectivity index (χ0n) is 24.6. The van der Waals surface area contributed by atoms with Crippen molar-refractivity contribution in [1.82, 2.24) is 29.5 Å². The average Bonchev–Trinajstić information content (AvgIpc) is 3.42. The summed E-state index contributed by atoms with van der Waals surface area (Å²) in [5.41, 5.74) is 7.96. The number of carbonyl (C=O) groups excluding carboxylic acids is 1. The first-order valence-corrected chi connectivity index (χ1v) is 14.7. The van der Waals surface area contributed by atoms with Gasteiger partial charge < -0.3 is 20.7 Å². The van der Waals surface area contributed by atoms with E-state index in [1.165, 1.54) is 13.4 Å². The van der Waals surface area contributed by atoms with Gasteiger partial charge in [0, 0.05) is 43.3 Å². The van der Waals surface area contributed by atoms with E-state index in [1.54, 1.807) is 18.2 Å². The monoisotopic (exact) mass is 608 g/mol. The molecule has 0 atom stereocenters. The second-order valence-corrected chi connectivity index (χ2v) is 11.5. The van der Waals surface area contributed by atoms with Crippen molar-refractivity contribution in [2.45, 2.75) is 43.9 Å². The number of nitrogens with one attached hydrogen (secondary N) is 1. The zero-order valence-corrected chi connectivity index (χ0v) is 24.6. The Balaban J connectivity index is 1.24. The Labute approximate surface area is 253 Å². The lowest BCUT2D eigenvalue weighted by Crippen LogP contribution is -2.49. The summed E-state index contributed by atoms with van der Waals surface area (Å²) in [4.78, 5) is 26.6. The second kappa shape index (κ2) is 12.0. The molecule has 0 spiro atoms. The molecule has 10 nitrogen and oxygen atoms in total. The Kier molecular flexibility index (Phi) is 8.16. The number of anilines is 2. The van der Waals surface area contributed by atoms with E-state index in [1.807, 2.05) is 4.68 Å². The average molecular weight is 609 g/mol. The van der Waals surface area contributed by atoms with Gasteiger partial charge in [0.15, 0.2) is 5.65 Å². The van der Waals surface area contributed by atoms with Crippen molar-refractivity contribution in [3.05, 3.63) is 59.9 Å². The van der Waals surface area contributed by atoms with Crippen LogP contribution in [-0.2, 0) is 6.18 Å². The van der Waals surface area contributed by atoms with Crippen molar-refractivity contribution < 1.29 is 22.7 Å². The van der Waals surface area contributed by atoms with E-state index in [4.69, 9.17) is 15.6 Å². The van der Waals surface area contributed by atoms with E-state index in [2.05, 4.69) is 32.1 Å². The number of rotatable bonds is 6. The van der Waals surface area contributed by atoms with Gasteiger partial charge in [0.25, 0.3) is 5.91 Å². The van der Waals surface area contributed by atoms with Crippen molar-refractivity contribution in [3.63, 3.8) is 0 Å². The van der Waals surface area contributed by atoms with Crippen LogP contribution in [0.25, 0.3) is 22.3 Å². The van der Waals surface area contributed by atoms with Crippen LogP contribution in [0.2, 0.25) is 0 Å². The third-order valence-corrected chi connectivity index (χ3v) is 8.78. The molecule has 1 amide bonds. The fourth-order valence-corrected chi connectivity index (χ4v) is 6.25. The number of hydrogen-bond donors (Lipinski definition) is 2. The largest absolute Gasteiger partial charge is 0.495 e. The lowest BCUT2D eigenvalue weighted by Gasteiger charge is -2.41. The third kappa shape index (κ3) is 5.93. The van der Waals surface area contributed by atoms with Gasteiger partial charge in [-0.3, -0.25) is 9.69 Å². The minimum Gasteiger partial charge on any atom is -0.495 e. The molecule has 3 N–H and O–H groups in total. The molecule has 13 heteroatoms. The summed E-state index contributed by atoms with van der Waals surface area (Å²) in [7, 11) is 3.64. The van der Waals surface area contributed by atoms with E-state index >= 15 is 0 Å². The molecule has 2 aliphatic rings. The molecule has 1 aliphatic heterocycles. The SMILES string of the molecule is COc1cc(-c2nn(C3CCC(N4CCN(C)CC4)CC3)c3ncnc(N)c23)ccc1NC(=O)c1ccc(C(F)(F)F)cc1. The number of benzene rings is 2. The molecule has 3 heterocycles. The number of fused-ring (bicyclic) bond motifs is 1. The molecule has 1 saturated carbocycles. The molecular weight excluding hydrogens is 573 g/mol. The first kappa shape index (κ1) is 29.8. The minimum atomic E-state index is -4.48. The van der Waals surface area contributed by atoms with Gasteiger partial charge in [0.2, 0.25) is 0 Å². The van der Waals surface area contributed by atoms with Gasteiger partial charge in [-0.25, -0.2) is 14.6 Å². The molecule has 2 fully saturated rings. The summed E-state index contributed by atoms with van der Waals surface area (Å²) in [6.45, 7) is 4.41. The summed E-state index contributed by atoms with van der Waals surface area (Å²) in [6.07, 6.45) is 1.12. The summed E-state index contributed by atoms with van der Waals surface area (Å²) >= 11 is 0. The van der Waals surface area contributed by atoms with E-state index in [-0.39, 0.29) is 11.6 Å². The van der Waals surface area contributed by atoms with Gasteiger partial charge in [-0.2, -0.15) is 18.3 Å². The standard InChI is InChI=1S/C31H35F3N8O2/c1-40-13-15-41(16-14-40)22-8-10-23(11-9-22)42-29-26(28(35)36-18-37-29)27(39-42)20-5-12-24(25(17-20)44-2)38-30(43)19-3-6-21(7-4-19)31(32,33)34/h3-7,12,17-18,22-23H,8-11,13-16H2,1-2H3,(H,38,43)(H2,35,36,37). The lowest BCUT2D eigenvalue weighted by atomic mass is 9.90. The van der Waals surface area contributed by atoms with Gasteiger partial charge in [-0.15, -0.1) is 0 Å². The van der Waals surface area contributed by atoms with Crippen LogP contribution >= 0.6 is 0 Å². The van der Waals surface area contributed by atoms with E-state index in [9.17, 15) is 18.0 Å². The van der Waals surface area contributed by atoms with Crippen LogP contribution < -0.4 is 15.8 Å². The molecule has 1 saturated heterocycles. The third-order valence-electron chi connectivity index (χ3n) is 8.78. The molecule has 44 heavy (non-hydrogen) atoms. The van der Waals surface area contributed by atoms with Gasteiger partial charge >= 0.3 is 6.18 Å². The first-order valence-electron chi connectivity index (χ1n) is 14.7. The highest BCUT2D eigenvalue weighted by Crippen LogP contribution is 2.39. The Bertz CT molecular complexity index is 1640. The summed E-state index contributed by atoms with van der Waals surface area (Å²) < 4.78 is 46.3. The smallest absolute Gasteiger partial charge is 0.416 e. The van der Waals surface area contributed by atoms with E-state index < -0.39 is 17.6 Å². The van der Waals surface area contributed by atoms with Crippen LogP contribution in [0.4, 0.5) is 24.7 Å². The van der Waals surface area contributed by atoms with Crippen molar-refractivity contribution in [1.29, 1.82) is 0 Å². The van der Waals surface area contributed by atoms with Gasteiger partial charge in [-0.1, -0.05) is 6.07 Å². The molecule has 2 aromatic carbocycles. The molecule has 6 rings (SSSR count). The molecule has 2 aromatic heterocycles. The molecule has 232 valence electrons. The predicted octanol–water partition coefficient (Wildman–Crippen LogP) is 5.09. The molecule has 0 radical (unpaired) electrons. The van der Waals surface area contributed by atoms with Crippen LogP contribution in [0.5, 0.6) is 5.75 Å². The summed E-state index contributed by atoms with van der Waals surface area (Å²) in [5, 5.41) is 8.39. The number of nitrogens with two attached hydrogens (primary N) is 1. The number of piperazine rings is 1. The number of likely N-dealkylation sites (N-methyl/N-ethyl adjacent to an activating group) is 1. The van der Waals surface area contributed by atoms with Crippen LogP contribution in [0.15, 0.2) is 48.8 Å². The van der Waals surface area contributed by atoms with E-state index in [0.717, 1.165) is 76.1 Å². The van der Waals surface area contributed by atoms with Gasteiger partial charge in [0.05, 0.1) is 29.8 Å². The number of hydrogen-bond acceptors (Lipinski definition) is 8. The van der Waals surface area contributed by atoms with Crippen molar-refractivity contribution in [2.24, 2.45) is 0 Å². The van der Waals surface area contributed by atoms with Gasteiger partial charge in [0.1, 0.15) is 23.6 Å². The number of ether oxygens (including phenoxy) is 1. The maximum Gasteiger partial charge on any atom is 0.416 e. The summed E-state index contributed by atoms with van der Waals surface area (Å²) in [5.74, 6) is 0.110. The maximum atomic E-state index is 12.9. The predicted molar refractivity (Wildman–Crippen MR) is 161 cm³/mol. The highest BCUT2D eigenvalue weighted by molar-refractivity contribution is 6.05. The number of methoxy groups -OCH3 is 1. The highest BCUT2D eigenvalue weighted by Gasteiger charge is 2.32. The molecule has 0 unspecified atom stereocenters. The Morgan fingerprint density at radius 3 is 2.32 bits per heavy atom. The number of nitrogen functional groups attached to an aromatic ring is 1. The highest BCUT2D eigenvalue weighted by atomic mass is 19.4. The number of carbonyl (C=O) groups is 1. The normalized spacial score (nSPS) is 20.1. The fraction of sp³-hybridized carbons (Fsp3) is 0.419. The first-order chi connectivity index (χ1) is 21.1. The second-order valence-electron chi connectivity index (χ2n) is 11.5. The zero-order chi connectivity index (χ0) is 31.0. The summed E-state index contributed by atoms with van der Waals surface area (Å²) in [6, 6.07) is 9.98. The number of amides is 1. The Morgan fingerprint density at radius 2 is 1.66 bits per heavy atom. The number of aromatic nitrogens is 4. The van der Waals surface area contributed by atoms with Gasteiger partial charge in [-0.05, 0) is 69.1 Å². The van der Waals surface area contributed by atoms with Crippen LogP contribution in [0.3, 0.4) is 0 Å². The Morgan fingerprint density at radius 1 is 0.977 bits per heavy atom. The Hall–Kier alpha value is -4.23. The quantitative estimate of drug-likeness (QED) is 0.311. The topological polar surface area (TPSA) is 114 Å². The number of halogens is 3. The van der Waals surface area contributed by atoms with Crippen LogP contribution in [0, 0.1) is 0 Å². The minimum absolute atomic E-state index is 0.0844. The molecular formula is C31H35F3N8O2. The number of alkyl halides is 3. The van der Waals surface area contributed by atoms with Crippen LogP contribution in [-0.4, -0.2) is 81.8 Å². The number of nitrogens with zero attached hydrogens (tertiary/aromatic N) is 6. The molecule has 0 bridgehead atoms. The van der Waals surface area contributed by atoms with Crippen molar-refractivity contribution >= 4 is 28.4 Å². The fourth-order valence-electron chi connectivity index (χ4n) is 6.25. The molecule has 1 aliphatic carbocycles. The van der Waals surface area contributed by atoms with Crippen molar-refractivity contribution in [3.8, 4) is 17.0 Å².